The van der Waals surface area contributed by atoms with Crippen molar-refractivity contribution < 1.29 is 5.11 Å². The van der Waals surface area contributed by atoms with Crippen molar-refractivity contribution in [2.45, 2.75) is 30.3 Å². The van der Waals surface area contributed by atoms with Crippen LogP contribution in [0.3, 0.4) is 0 Å². The van der Waals surface area contributed by atoms with Crippen molar-refractivity contribution in [2.24, 2.45) is 5.92 Å². The van der Waals surface area contributed by atoms with Crippen LogP contribution >= 0.6 is 11.8 Å². The van der Waals surface area contributed by atoms with Crippen LogP contribution in [0.5, 0.6) is 0 Å². The van der Waals surface area contributed by atoms with E-state index < -0.39 is 0 Å². The summed E-state index contributed by atoms with van der Waals surface area (Å²) in [6.45, 7) is 0.744. The molecule has 0 saturated heterocycles. The lowest BCUT2D eigenvalue weighted by atomic mass is 10.1. The minimum absolute atomic E-state index is 0.188. The molecule has 1 fully saturated rings. The van der Waals surface area contributed by atoms with Crippen LogP contribution < -0.4 is 5.32 Å². The van der Waals surface area contributed by atoms with Crippen molar-refractivity contribution in [3.8, 4) is 6.07 Å². The van der Waals surface area contributed by atoms with Crippen molar-refractivity contribution in [3.63, 3.8) is 0 Å². The van der Waals surface area contributed by atoms with Gasteiger partial charge in [0.15, 0.2) is 0 Å². The monoisotopic (exact) mass is 262 g/mol. The summed E-state index contributed by atoms with van der Waals surface area (Å²) < 4.78 is 0. The fourth-order valence-corrected chi connectivity index (χ4v) is 3.03. The number of hydrogen-bond donors (Lipinski definition) is 2. The second-order valence-corrected chi connectivity index (χ2v) is 5.48. The Hall–Kier alpha value is -1.18. The van der Waals surface area contributed by atoms with E-state index in [4.69, 9.17) is 0 Å². The van der Waals surface area contributed by atoms with Gasteiger partial charge in [0.1, 0.15) is 6.07 Å². The fraction of sp³-hybridized carbons (Fsp3) is 0.500. The molecule has 2 unspecified atom stereocenters. The largest absolute Gasteiger partial charge is 0.393 e. The first-order valence-corrected chi connectivity index (χ1v) is 7.47. The van der Waals surface area contributed by atoms with Gasteiger partial charge in [-0.25, -0.2) is 0 Å². The van der Waals surface area contributed by atoms with Gasteiger partial charge < -0.3 is 10.4 Å². The maximum atomic E-state index is 9.79. The standard InChI is InChI=1S/C14H18N2OS/c1-18-14-7-3-5-12(11(14)8-15)16-9-10-4-2-6-13(10)17/h3,5,7,10,13,16-17H,2,4,6,9H2,1H3. The summed E-state index contributed by atoms with van der Waals surface area (Å²) in [5.41, 5.74) is 1.58. The van der Waals surface area contributed by atoms with Gasteiger partial charge in [-0.3, -0.25) is 0 Å². The SMILES string of the molecule is CSc1cccc(NCC2CCCC2O)c1C#N. The summed E-state index contributed by atoms with van der Waals surface area (Å²) >= 11 is 1.58. The summed E-state index contributed by atoms with van der Waals surface area (Å²) in [4.78, 5) is 0.995. The molecule has 2 rings (SSSR count). The van der Waals surface area contributed by atoms with Gasteiger partial charge in [0, 0.05) is 17.4 Å². The van der Waals surface area contributed by atoms with Crippen LogP contribution in [0.4, 0.5) is 5.69 Å². The van der Waals surface area contributed by atoms with Crippen LogP contribution in [-0.4, -0.2) is 24.0 Å². The fourth-order valence-electron chi connectivity index (χ4n) is 2.46. The topological polar surface area (TPSA) is 56.0 Å². The van der Waals surface area contributed by atoms with Crippen molar-refractivity contribution in [1.82, 2.24) is 0 Å². The maximum Gasteiger partial charge on any atom is 0.102 e. The number of nitrogens with one attached hydrogen (secondary N) is 1. The van der Waals surface area contributed by atoms with E-state index in [1.807, 2.05) is 24.5 Å². The quantitative estimate of drug-likeness (QED) is 0.819. The highest BCUT2D eigenvalue weighted by Crippen LogP contribution is 2.29. The van der Waals surface area contributed by atoms with Crippen molar-refractivity contribution in [3.05, 3.63) is 23.8 Å². The third kappa shape index (κ3) is 2.80. The number of aliphatic hydroxyl groups excluding tert-OH is 1. The summed E-state index contributed by atoms with van der Waals surface area (Å²) in [6, 6.07) is 8.10. The molecular formula is C14H18N2OS. The van der Waals surface area contributed by atoms with Gasteiger partial charge in [0.05, 0.1) is 17.4 Å². The maximum absolute atomic E-state index is 9.79. The Labute approximate surface area is 112 Å². The van der Waals surface area contributed by atoms with Crippen LogP contribution in [-0.2, 0) is 0 Å². The van der Waals surface area contributed by atoms with E-state index in [0.29, 0.717) is 11.5 Å². The lowest BCUT2D eigenvalue weighted by molar-refractivity contribution is 0.138. The average Bonchev–Trinajstić information content (AvgIpc) is 2.81. The first-order valence-electron chi connectivity index (χ1n) is 6.25. The molecule has 18 heavy (non-hydrogen) atoms. The molecule has 2 atom stereocenters. The highest BCUT2D eigenvalue weighted by Gasteiger charge is 2.24. The number of benzene rings is 1. The third-order valence-corrected chi connectivity index (χ3v) is 4.31. The number of nitrogens with zero attached hydrogens (tertiary/aromatic N) is 1. The van der Waals surface area contributed by atoms with Gasteiger partial charge in [0.25, 0.3) is 0 Å². The van der Waals surface area contributed by atoms with Crippen LogP contribution in [0.1, 0.15) is 24.8 Å². The molecule has 0 bridgehead atoms. The van der Waals surface area contributed by atoms with E-state index in [-0.39, 0.29) is 6.10 Å². The van der Waals surface area contributed by atoms with Crippen molar-refractivity contribution in [2.75, 3.05) is 18.1 Å². The molecular weight excluding hydrogens is 244 g/mol. The average molecular weight is 262 g/mol. The molecule has 2 N–H and O–H groups in total. The van der Waals surface area contributed by atoms with Crippen LogP contribution in [0.2, 0.25) is 0 Å². The summed E-state index contributed by atoms with van der Waals surface area (Å²) in [6.07, 6.45) is 4.86. The Bertz CT molecular complexity index is 456. The molecule has 0 aliphatic heterocycles. The Morgan fingerprint density at radius 3 is 2.94 bits per heavy atom. The van der Waals surface area contributed by atoms with Crippen LogP contribution in [0, 0.1) is 17.2 Å². The molecule has 0 aromatic heterocycles. The zero-order valence-electron chi connectivity index (χ0n) is 10.5. The predicted octanol–water partition coefficient (Wildman–Crippen LogP) is 2.85. The molecule has 0 spiro atoms. The van der Waals surface area contributed by atoms with E-state index in [9.17, 15) is 10.4 Å². The second kappa shape index (κ2) is 6.12. The Morgan fingerprint density at radius 1 is 1.50 bits per heavy atom. The lowest BCUT2D eigenvalue weighted by Crippen LogP contribution is -2.22. The van der Waals surface area contributed by atoms with Gasteiger partial charge >= 0.3 is 0 Å². The first-order chi connectivity index (χ1) is 8.76. The van der Waals surface area contributed by atoms with Gasteiger partial charge in [-0.1, -0.05) is 12.5 Å². The second-order valence-electron chi connectivity index (χ2n) is 4.63. The highest BCUT2D eigenvalue weighted by molar-refractivity contribution is 7.98. The van der Waals surface area contributed by atoms with Crippen molar-refractivity contribution in [1.29, 1.82) is 5.26 Å². The zero-order valence-corrected chi connectivity index (χ0v) is 11.3. The summed E-state index contributed by atoms with van der Waals surface area (Å²) in [7, 11) is 0. The molecule has 3 nitrogen and oxygen atoms in total. The predicted molar refractivity (Wildman–Crippen MR) is 74.8 cm³/mol. The smallest absolute Gasteiger partial charge is 0.102 e. The molecule has 4 heteroatoms. The molecule has 1 aliphatic rings. The van der Waals surface area contributed by atoms with E-state index in [2.05, 4.69) is 11.4 Å². The summed E-state index contributed by atoms with van der Waals surface area (Å²) in [5, 5.41) is 22.3. The third-order valence-electron chi connectivity index (χ3n) is 3.53. The van der Waals surface area contributed by atoms with Crippen LogP contribution in [0.25, 0.3) is 0 Å². The molecule has 1 aromatic carbocycles. The molecule has 0 radical (unpaired) electrons. The normalized spacial score (nSPS) is 22.7. The Kier molecular flexibility index (Phi) is 4.51. The number of thioether (sulfide) groups is 1. The Morgan fingerprint density at radius 2 is 2.33 bits per heavy atom. The molecule has 1 aromatic rings. The van der Waals surface area contributed by atoms with E-state index in [1.54, 1.807) is 11.8 Å². The number of aliphatic hydroxyl groups is 1. The minimum Gasteiger partial charge on any atom is -0.393 e. The molecule has 0 amide bonds. The minimum atomic E-state index is -0.188. The van der Waals surface area contributed by atoms with Gasteiger partial charge in [-0.2, -0.15) is 5.26 Å². The first kappa shape index (κ1) is 13.3. The number of anilines is 1. The summed E-state index contributed by atoms with van der Waals surface area (Å²) in [5.74, 6) is 0.314. The van der Waals surface area contributed by atoms with Gasteiger partial charge in [0.2, 0.25) is 0 Å². The molecule has 1 aliphatic carbocycles. The lowest BCUT2D eigenvalue weighted by Gasteiger charge is -2.17. The highest BCUT2D eigenvalue weighted by atomic mass is 32.2. The molecule has 1 saturated carbocycles. The van der Waals surface area contributed by atoms with E-state index >= 15 is 0 Å². The number of nitriles is 1. The van der Waals surface area contributed by atoms with Gasteiger partial charge in [-0.15, -0.1) is 11.8 Å². The number of rotatable bonds is 4. The molecule has 0 heterocycles. The van der Waals surface area contributed by atoms with E-state index in [1.165, 1.54) is 0 Å². The molecule has 96 valence electrons. The van der Waals surface area contributed by atoms with Crippen LogP contribution in [0.15, 0.2) is 23.1 Å². The van der Waals surface area contributed by atoms with E-state index in [0.717, 1.165) is 36.4 Å². The number of hydrogen-bond acceptors (Lipinski definition) is 4. The zero-order chi connectivity index (χ0) is 13.0. The Balaban J connectivity index is 2.07. The van der Waals surface area contributed by atoms with Gasteiger partial charge in [-0.05, 0) is 31.2 Å². The van der Waals surface area contributed by atoms with Crippen molar-refractivity contribution >= 4 is 17.4 Å².